The van der Waals surface area contributed by atoms with E-state index < -0.39 is 12.0 Å². The third-order valence-corrected chi connectivity index (χ3v) is 3.23. The Balaban J connectivity index is 2.72. The molecule has 1 atom stereocenters. The summed E-state index contributed by atoms with van der Waals surface area (Å²) in [5, 5.41) is 2.68. The standard InChI is InChI=1S/C14H18BrNO4/c1-19-9-3-4-12(17)16-13(14(18)20-2)10-5-7-11(15)8-6-10/h5-8,13H,3-4,9H2,1-2H3,(H,16,17)/t13-/m1/s1. The number of carbonyl (C=O) groups is 2. The van der Waals surface area contributed by atoms with E-state index in [0.29, 0.717) is 25.0 Å². The molecule has 6 heteroatoms. The van der Waals surface area contributed by atoms with Crippen LogP contribution in [0.3, 0.4) is 0 Å². The van der Waals surface area contributed by atoms with Gasteiger partial charge in [0.05, 0.1) is 7.11 Å². The molecule has 1 aromatic carbocycles. The van der Waals surface area contributed by atoms with Crippen molar-refractivity contribution in [3.8, 4) is 0 Å². The first-order valence-corrected chi connectivity index (χ1v) is 6.99. The molecule has 0 aliphatic heterocycles. The van der Waals surface area contributed by atoms with E-state index in [-0.39, 0.29) is 5.91 Å². The molecule has 0 aliphatic rings. The number of methoxy groups -OCH3 is 2. The molecule has 5 nitrogen and oxygen atoms in total. The lowest BCUT2D eigenvalue weighted by atomic mass is 10.1. The molecule has 0 bridgehead atoms. The lowest BCUT2D eigenvalue weighted by molar-refractivity contribution is -0.145. The van der Waals surface area contributed by atoms with Crippen LogP contribution in [0.4, 0.5) is 0 Å². The van der Waals surface area contributed by atoms with Crippen molar-refractivity contribution in [2.45, 2.75) is 18.9 Å². The molecule has 0 heterocycles. The van der Waals surface area contributed by atoms with Gasteiger partial charge in [-0.2, -0.15) is 0 Å². The van der Waals surface area contributed by atoms with Gasteiger partial charge in [-0.25, -0.2) is 4.79 Å². The number of halogens is 1. The normalized spacial score (nSPS) is 11.8. The number of hydrogen-bond donors (Lipinski definition) is 1. The molecule has 20 heavy (non-hydrogen) atoms. The van der Waals surface area contributed by atoms with Gasteiger partial charge in [0.15, 0.2) is 6.04 Å². The predicted molar refractivity (Wildman–Crippen MR) is 78.2 cm³/mol. The lowest BCUT2D eigenvalue weighted by Gasteiger charge is -2.17. The highest BCUT2D eigenvalue weighted by molar-refractivity contribution is 9.10. The third-order valence-electron chi connectivity index (χ3n) is 2.70. The van der Waals surface area contributed by atoms with Gasteiger partial charge in [-0.05, 0) is 24.1 Å². The minimum absolute atomic E-state index is 0.208. The Morgan fingerprint density at radius 2 is 1.90 bits per heavy atom. The summed E-state index contributed by atoms with van der Waals surface area (Å²) < 4.78 is 10.5. The SMILES string of the molecule is COCCCC(=O)N[C@@H](C(=O)OC)c1ccc(Br)cc1. The van der Waals surface area contributed by atoms with Crippen LogP contribution in [0.25, 0.3) is 0 Å². The van der Waals surface area contributed by atoms with Crippen molar-refractivity contribution in [2.24, 2.45) is 0 Å². The minimum atomic E-state index is -0.789. The average Bonchev–Trinajstić information content (AvgIpc) is 2.45. The summed E-state index contributed by atoms with van der Waals surface area (Å²) in [6, 6.07) is 6.36. The Morgan fingerprint density at radius 3 is 2.45 bits per heavy atom. The highest BCUT2D eigenvalue weighted by Crippen LogP contribution is 2.18. The van der Waals surface area contributed by atoms with E-state index in [1.807, 2.05) is 12.1 Å². The highest BCUT2D eigenvalue weighted by Gasteiger charge is 2.23. The van der Waals surface area contributed by atoms with Gasteiger partial charge in [-0.15, -0.1) is 0 Å². The molecular weight excluding hydrogens is 326 g/mol. The molecule has 0 radical (unpaired) electrons. The fourth-order valence-electron chi connectivity index (χ4n) is 1.66. The second-order valence-electron chi connectivity index (χ2n) is 4.17. The van der Waals surface area contributed by atoms with E-state index in [1.54, 1.807) is 19.2 Å². The lowest BCUT2D eigenvalue weighted by Crippen LogP contribution is -2.34. The van der Waals surface area contributed by atoms with E-state index >= 15 is 0 Å². The summed E-state index contributed by atoms with van der Waals surface area (Å²) in [6.07, 6.45) is 0.911. The van der Waals surface area contributed by atoms with Crippen molar-refractivity contribution in [2.75, 3.05) is 20.8 Å². The first-order valence-electron chi connectivity index (χ1n) is 6.20. The predicted octanol–water partition coefficient (Wildman–Crippen LogP) is 2.21. The molecule has 0 saturated carbocycles. The van der Waals surface area contributed by atoms with E-state index in [2.05, 4.69) is 21.2 Å². The number of amides is 1. The number of nitrogens with one attached hydrogen (secondary N) is 1. The molecule has 110 valence electrons. The molecule has 0 saturated heterocycles. The van der Waals surface area contributed by atoms with Gasteiger partial charge in [0.2, 0.25) is 5.91 Å². The molecule has 1 amide bonds. The largest absolute Gasteiger partial charge is 0.467 e. The van der Waals surface area contributed by atoms with Crippen molar-refractivity contribution in [3.05, 3.63) is 34.3 Å². The third kappa shape index (κ3) is 5.30. The molecule has 1 N–H and O–H groups in total. The van der Waals surface area contributed by atoms with Crippen LogP contribution in [0.5, 0.6) is 0 Å². The van der Waals surface area contributed by atoms with Gasteiger partial charge in [-0.1, -0.05) is 28.1 Å². The Morgan fingerprint density at radius 1 is 1.25 bits per heavy atom. The van der Waals surface area contributed by atoms with Crippen molar-refractivity contribution in [1.82, 2.24) is 5.32 Å². The Labute approximate surface area is 126 Å². The molecule has 0 aliphatic carbocycles. The maximum Gasteiger partial charge on any atom is 0.333 e. The van der Waals surface area contributed by atoms with Gasteiger partial charge >= 0.3 is 5.97 Å². The van der Waals surface area contributed by atoms with Crippen LogP contribution < -0.4 is 5.32 Å². The molecule has 0 aromatic heterocycles. The van der Waals surface area contributed by atoms with Crippen molar-refractivity contribution in [3.63, 3.8) is 0 Å². The number of hydrogen-bond acceptors (Lipinski definition) is 4. The Kier molecular flexibility index (Phi) is 7.25. The van der Waals surface area contributed by atoms with Crippen LogP contribution >= 0.6 is 15.9 Å². The molecule has 0 fully saturated rings. The summed E-state index contributed by atoms with van der Waals surface area (Å²) in [5.41, 5.74) is 0.681. The second-order valence-corrected chi connectivity index (χ2v) is 5.09. The summed E-state index contributed by atoms with van der Waals surface area (Å²) in [5.74, 6) is -0.701. The summed E-state index contributed by atoms with van der Waals surface area (Å²) in [4.78, 5) is 23.6. The molecule has 1 rings (SSSR count). The maximum absolute atomic E-state index is 11.8. The quantitative estimate of drug-likeness (QED) is 0.608. The molecule has 0 spiro atoms. The number of rotatable bonds is 7. The zero-order valence-corrected chi connectivity index (χ0v) is 13.1. The smallest absolute Gasteiger partial charge is 0.333 e. The summed E-state index contributed by atoms with van der Waals surface area (Å²) >= 11 is 3.32. The number of benzene rings is 1. The van der Waals surface area contributed by atoms with Crippen LogP contribution in [0.1, 0.15) is 24.4 Å². The molecule has 0 unspecified atom stereocenters. The van der Waals surface area contributed by atoms with Crippen molar-refractivity contribution >= 4 is 27.8 Å². The van der Waals surface area contributed by atoms with Gasteiger partial charge in [0.1, 0.15) is 0 Å². The monoisotopic (exact) mass is 343 g/mol. The van der Waals surface area contributed by atoms with E-state index in [9.17, 15) is 9.59 Å². The first kappa shape index (κ1) is 16.7. The fraction of sp³-hybridized carbons (Fsp3) is 0.429. The number of ether oxygens (including phenoxy) is 2. The van der Waals surface area contributed by atoms with Gasteiger partial charge in [0, 0.05) is 24.6 Å². The van der Waals surface area contributed by atoms with Gasteiger partial charge < -0.3 is 14.8 Å². The van der Waals surface area contributed by atoms with E-state index in [1.165, 1.54) is 7.11 Å². The van der Waals surface area contributed by atoms with Crippen LogP contribution in [0, 0.1) is 0 Å². The Bertz CT molecular complexity index is 447. The maximum atomic E-state index is 11.8. The minimum Gasteiger partial charge on any atom is -0.467 e. The van der Waals surface area contributed by atoms with Crippen LogP contribution in [0.15, 0.2) is 28.7 Å². The second kappa shape index (κ2) is 8.71. The summed E-state index contributed by atoms with van der Waals surface area (Å²) in [7, 11) is 2.88. The van der Waals surface area contributed by atoms with Crippen LogP contribution in [-0.4, -0.2) is 32.7 Å². The Hall–Kier alpha value is -1.40. The summed E-state index contributed by atoms with van der Waals surface area (Å²) in [6.45, 7) is 0.509. The van der Waals surface area contributed by atoms with Gasteiger partial charge in [0.25, 0.3) is 0 Å². The average molecular weight is 344 g/mol. The van der Waals surface area contributed by atoms with Crippen molar-refractivity contribution < 1.29 is 19.1 Å². The zero-order valence-electron chi connectivity index (χ0n) is 11.5. The topological polar surface area (TPSA) is 64.6 Å². The number of esters is 1. The van der Waals surface area contributed by atoms with Gasteiger partial charge in [-0.3, -0.25) is 4.79 Å². The highest BCUT2D eigenvalue weighted by atomic mass is 79.9. The van der Waals surface area contributed by atoms with Crippen molar-refractivity contribution in [1.29, 1.82) is 0 Å². The zero-order chi connectivity index (χ0) is 15.0. The van der Waals surface area contributed by atoms with E-state index in [0.717, 1.165) is 4.47 Å². The first-order chi connectivity index (χ1) is 9.58. The van der Waals surface area contributed by atoms with Crippen LogP contribution in [-0.2, 0) is 19.1 Å². The van der Waals surface area contributed by atoms with Crippen LogP contribution in [0.2, 0.25) is 0 Å². The molecule has 1 aromatic rings. The molecular formula is C14H18BrNO4. The van der Waals surface area contributed by atoms with E-state index in [4.69, 9.17) is 9.47 Å². The fourth-order valence-corrected chi connectivity index (χ4v) is 1.93. The number of carbonyl (C=O) groups excluding carboxylic acids is 2.